The van der Waals surface area contributed by atoms with Gasteiger partial charge in [0.05, 0.1) is 26.7 Å². The number of pyridine rings is 1. The van der Waals surface area contributed by atoms with Crippen LogP contribution < -0.4 is 14.8 Å². The molecule has 0 fully saturated rings. The summed E-state index contributed by atoms with van der Waals surface area (Å²) in [6.45, 7) is 8.28. The molecule has 3 aromatic rings. The quantitative estimate of drug-likeness (QED) is 0.457. The summed E-state index contributed by atoms with van der Waals surface area (Å²) in [7, 11) is 3.12. The molecule has 0 aliphatic rings. The summed E-state index contributed by atoms with van der Waals surface area (Å²) in [6, 6.07) is 15.8. The van der Waals surface area contributed by atoms with Crippen molar-refractivity contribution in [2.45, 2.75) is 45.6 Å². The van der Waals surface area contributed by atoms with Crippen LogP contribution in [-0.4, -0.2) is 36.2 Å². The van der Waals surface area contributed by atoms with E-state index in [0.29, 0.717) is 28.3 Å². The Hall–Kier alpha value is -3.87. The highest BCUT2D eigenvalue weighted by atomic mass is 16.5. The molecule has 1 heterocycles. The average molecular weight is 477 g/mol. The maximum absolute atomic E-state index is 13.2. The molecule has 0 aliphatic heterocycles. The van der Waals surface area contributed by atoms with Crippen LogP contribution in [-0.2, 0) is 10.2 Å². The lowest BCUT2D eigenvalue weighted by atomic mass is 9.85. The Kier molecular flexibility index (Phi) is 7.79. The summed E-state index contributed by atoms with van der Waals surface area (Å²) in [5.74, 6) is -0.397. The first kappa shape index (κ1) is 25.7. The first-order valence-electron chi connectivity index (χ1n) is 11.4. The van der Waals surface area contributed by atoms with E-state index in [0.717, 1.165) is 11.1 Å². The summed E-state index contributed by atoms with van der Waals surface area (Å²) in [5, 5.41) is 12.2. The lowest BCUT2D eigenvalue weighted by Crippen LogP contribution is -2.31. The number of nitrogens with one attached hydrogen (secondary N) is 1. The number of hydrogen-bond donors (Lipinski definition) is 2. The fourth-order valence-electron chi connectivity index (χ4n) is 3.75. The van der Waals surface area contributed by atoms with Gasteiger partial charge < -0.3 is 19.9 Å². The minimum Gasteiger partial charge on any atom is -0.496 e. The van der Waals surface area contributed by atoms with Gasteiger partial charge in [-0.25, -0.2) is 4.98 Å². The van der Waals surface area contributed by atoms with Crippen molar-refractivity contribution in [1.82, 2.24) is 10.3 Å². The van der Waals surface area contributed by atoms with E-state index >= 15 is 0 Å². The molecule has 35 heavy (non-hydrogen) atoms. The molecule has 3 rings (SSSR count). The van der Waals surface area contributed by atoms with Crippen LogP contribution in [0.1, 0.15) is 60.4 Å². The van der Waals surface area contributed by atoms with Crippen molar-refractivity contribution >= 4 is 11.9 Å². The zero-order valence-corrected chi connectivity index (χ0v) is 21.0. The lowest BCUT2D eigenvalue weighted by molar-refractivity contribution is -0.137. The van der Waals surface area contributed by atoms with Crippen molar-refractivity contribution in [2.75, 3.05) is 14.2 Å². The Balaban J connectivity index is 2.02. The van der Waals surface area contributed by atoms with E-state index in [2.05, 4.69) is 31.1 Å². The van der Waals surface area contributed by atoms with Gasteiger partial charge in [0.1, 0.15) is 22.9 Å². The number of carboxylic acids is 1. The molecule has 1 amide bonds. The number of aromatic nitrogens is 1. The molecule has 0 aliphatic carbocycles. The number of carbonyl (C=O) groups is 2. The summed E-state index contributed by atoms with van der Waals surface area (Å²) in [5.41, 5.74) is 4.03. The molecule has 0 unspecified atom stereocenters. The second-order valence-electron chi connectivity index (χ2n) is 9.45. The molecular formula is C28H32N2O5. The zero-order chi connectivity index (χ0) is 25.8. The highest BCUT2D eigenvalue weighted by molar-refractivity contribution is 5.94. The molecule has 7 heteroatoms. The SMILES string of the molecule is COc1ccc(C(C)(C)C)cc1-c1nc(C(=O)N[C@@H](CC(=O)O)c2ccc(C)cc2)ccc1OC. The van der Waals surface area contributed by atoms with Crippen LogP contribution in [0.15, 0.2) is 54.6 Å². The van der Waals surface area contributed by atoms with E-state index in [1.807, 2.05) is 49.4 Å². The van der Waals surface area contributed by atoms with Gasteiger partial charge in [-0.1, -0.05) is 56.7 Å². The van der Waals surface area contributed by atoms with Crippen molar-refractivity contribution in [3.63, 3.8) is 0 Å². The smallest absolute Gasteiger partial charge is 0.305 e. The molecule has 0 spiro atoms. The molecule has 0 radical (unpaired) electrons. The fourth-order valence-corrected chi connectivity index (χ4v) is 3.75. The number of carboxylic acid groups (broad SMARTS) is 1. The number of nitrogens with zero attached hydrogens (tertiary/aromatic N) is 1. The molecule has 0 saturated carbocycles. The number of aryl methyl sites for hydroxylation is 1. The van der Waals surface area contributed by atoms with E-state index in [1.165, 1.54) is 0 Å². The van der Waals surface area contributed by atoms with Crippen molar-refractivity contribution in [2.24, 2.45) is 0 Å². The number of methoxy groups -OCH3 is 2. The standard InChI is InChI=1S/C28H32N2O5/c1-17-7-9-18(10-8-17)22(16-25(31)32)30-27(33)21-12-14-24(35-6)26(29-21)20-15-19(28(2,3)4)11-13-23(20)34-5/h7-15,22H,16H2,1-6H3,(H,30,33)(H,31,32)/t22-/m0/s1. The normalized spacial score (nSPS) is 12.1. The minimum absolute atomic E-state index is 0.110. The lowest BCUT2D eigenvalue weighted by Gasteiger charge is -2.22. The number of aliphatic carboxylic acids is 1. The van der Waals surface area contributed by atoms with Gasteiger partial charge in [0, 0.05) is 5.56 Å². The number of benzene rings is 2. The molecule has 2 aromatic carbocycles. The van der Waals surface area contributed by atoms with Crippen molar-refractivity contribution < 1.29 is 24.2 Å². The van der Waals surface area contributed by atoms with E-state index < -0.39 is 17.9 Å². The van der Waals surface area contributed by atoms with Gasteiger partial charge >= 0.3 is 5.97 Å². The topological polar surface area (TPSA) is 97.8 Å². The summed E-state index contributed by atoms with van der Waals surface area (Å²) in [4.78, 5) is 29.3. The van der Waals surface area contributed by atoms with Gasteiger partial charge in [-0.2, -0.15) is 0 Å². The molecule has 7 nitrogen and oxygen atoms in total. The van der Waals surface area contributed by atoms with E-state index in [1.54, 1.807) is 26.4 Å². The third-order valence-electron chi connectivity index (χ3n) is 5.80. The van der Waals surface area contributed by atoms with Crippen LogP contribution in [0.3, 0.4) is 0 Å². The van der Waals surface area contributed by atoms with Crippen LogP contribution in [0.4, 0.5) is 0 Å². The first-order valence-corrected chi connectivity index (χ1v) is 11.4. The Morgan fingerprint density at radius 3 is 2.17 bits per heavy atom. The predicted octanol–water partition coefficient (Wildman–Crippen LogP) is 5.32. The maximum atomic E-state index is 13.2. The molecule has 2 N–H and O–H groups in total. The molecule has 1 aromatic heterocycles. The van der Waals surface area contributed by atoms with E-state index in [4.69, 9.17) is 9.47 Å². The van der Waals surface area contributed by atoms with Gasteiger partial charge in [-0.15, -0.1) is 0 Å². The molecule has 0 bridgehead atoms. The van der Waals surface area contributed by atoms with Crippen LogP contribution >= 0.6 is 0 Å². The largest absolute Gasteiger partial charge is 0.496 e. The second kappa shape index (κ2) is 10.6. The predicted molar refractivity (Wildman–Crippen MR) is 135 cm³/mol. The fraction of sp³-hybridized carbons (Fsp3) is 0.321. The van der Waals surface area contributed by atoms with Crippen LogP contribution in [0, 0.1) is 6.92 Å². The number of amides is 1. The van der Waals surface area contributed by atoms with Crippen LogP contribution in [0.2, 0.25) is 0 Å². The van der Waals surface area contributed by atoms with Gasteiger partial charge in [0.25, 0.3) is 5.91 Å². The summed E-state index contributed by atoms with van der Waals surface area (Å²) < 4.78 is 11.1. The number of rotatable bonds is 8. The third-order valence-corrected chi connectivity index (χ3v) is 5.80. The first-order chi connectivity index (χ1) is 16.5. The highest BCUT2D eigenvalue weighted by Crippen LogP contribution is 2.38. The average Bonchev–Trinajstić information content (AvgIpc) is 2.82. The summed E-state index contributed by atoms with van der Waals surface area (Å²) in [6.07, 6.45) is -0.251. The Morgan fingerprint density at radius 2 is 1.60 bits per heavy atom. The molecule has 1 atom stereocenters. The monoisotopic (exact) mass is 476 g/mol. The van der Waals surface area contributed by atoms with E-state index in [9.17, 15) is 14.7 Å². The minimum atomic E-state index is -1.01. The molecular weight excluding hydrogens is 444 g/mol. The van der Waals surface area contributed by atoms with Gasteiger partial charge in [-0.05, 0) is 47.7 Å². The molecule has 0 saturated heterocycles. The van der Waals surface area contributed by atoms with Crippen LogP contribution in [0.25, 0.3) is 11.3 Å². The number of ether oxygens (including phenoxy) is 2. The third kappa shape index (κ3) is 6.18. The molecule has 184 valence electrons. The Labute approximate surface area is 206 Å². The number of carbonyl (C=O) groups excluding carboxylic acids is 1. The second-order valence-corrected chi connectivity index (χ2v) is 9.45. The van der Waals surface area contributed by atoms with Crippen molar-refractivity contribution in [1.29, 1.82) is 0 Å². The summed E-state index contributed by atoms with van der Waals surface area (Å²) >= 11 is 0. The maximum Gasteiger partial charge on any atom is 0.305 e. The van der Waals surface area contributed by atoms with Gasteiger partial charge in [0.2, 0.25) is 0 Å². The Bertz CT molecular complexity index is 1210. The Morgan fingerprint density at radius 1 is 0.971 bits per heavy atom. The van der Waals surface area contributed by atoms with Gasteiger partial charge in [0.15, 0.2) is 0 Å². The zero-order valence-electron chi connectivity index (χ0n) is 21.0. The van der Waals surface area contributed by atoms with Crippen molar-refractivity contribution in [3.05, 3.63) is 77.0 Å². The van der Waals surface area contributed by atoms with E-state index in [-0.39, 0.29) is 17.5 Å². The number of hydrogen-bond acceptors (Lipinski definition) is 5. The van der Waals surface area contributed by atoms with Crippen molar-refractivity contribution in [3.8, 4) is 22.8 Å². The van der Waals surface area contributed by atoms with Gasteiger partial charge in [-0.3, -0.25) is 9.59 Å². The highest BCUT2D eigenvalue weighted by Gasteiger charge is 2.23. The van der Waals surface area contributed by atoms with Crippen LogP contribution in [0.5, 0.6) is 11.5 Å².